The molecule has 0 saturated carbocycles. The molecule has 13 nitrogen and oxygen atoms in total. The number of nitrogens with zero attached hydrogens (tertiary/aromatic N) is 3. The van der Waals surface area contributed by atoms with Crippen molar-refractivity contribution < 1.29 is 49.1 Å². The van der Waals surface area contributed by atoms with E-state index in [1.165, 1.54) is 61.5 Å². The minimum Gasteiger partial charge on any atom is -0.508 e. The third-order valence-corrected chi connectivity index (χ3v) is 6.50. The fraction of sp³-hybridized carbons (Fsp3) is 0.150. The van der Waals surface area contributed by atoms with Crippen LogP contribution in [-0.4, -0.2) is 50.1 Å². The fourth-order valence-corrected chi connectivity index (χ4v) is 3.50. The molecule has 53 heavy (non-hydrogen) atoms. The van der Waals surface area contributed by atoms with Crippen LogP contribution in [0.3, 0.4) is 0 Å². The van der Waals surface area contributed by atoms with Gasteiger partial charge in [0.15, 0.2) is 0 Å². The van der Waals surface area contributed by atoms with Crippen LogP contribution in [0.5, 0.6) is 11.5 Å². The van der Waals surface area contributed by atoms with Gasteiger partial charge < -0.3 is 25.2 Å². The molecule has 0 heterocycles. The lowest BCUT2D eigenvalue weighted by molar-refractivity contribution is -0.133. The molecule has 3 aromatic rings. The van der Waals surface area contributed by atoms with E-state index in [0.717, 1.165) is 5.56 Å². The molecule has 0 saturated heterocycles. The van der Waals surface area contributed by atoms with Crippen molar-refractivity contribution in [2.45, 2.75) is 34.1 Å². The number of carbonyl (C=O) groups is 5. The summed E-state index contributed by atoms with van der Waals surface area (Å²) in [6, 6.07) is 23.7. The molecule has 0 spiro atoms. The second-order valence-corrected chi connectivity index (χ2v) is 11.8. The molecule has 3 rings (SSSR count). The SMILES string of the molecule is C=C(C)C(=O)Oc1ccc(/C=C(/C#N)C(=O)O)cc1.CC(C)(C)C(=O)Cc1ccc(/C=C(\C#N)C(=O)O)cc1.N#C/C(=C/c1ccc(O)cc1)C(=O)O. The molecule has 0 atom stereocenters. The number of carboxylic acids is 3. The average molecular weight is 718 g/mol. The average Bonchev–Trinajstić information content (AvgIpc) is 3.10. The van der Waals surface area contributed by atoms with Crippen LogP contribution < -0.4 is 4.74 Å². The van der Waals surface area contributed by atoms with Gasteiger partial charge in [-0.2, -0.15) is 15.8 Å². The number of ketones is 1. The van der Waals surface area contributed by atoms with Crippen molar-refractivity contribution in [2.75, 3.05) is 0 Å². The number of nitriles is 3. The number of carbonyl (C=O) groups excluding carboxylic acids is 2. The molecule has 0 radical (unpaired) electrons. The van der Waals surface area contributed by atoms with Crippen molar-refractivity contribution >= 4 is 47.9 Å². The number of hydrogen-bond donors (Lipinski definition) is 4. The Kier molecular flexibility index (Phi) is 17.1. The molecular formula is C40H35N3O10. The summed E-state index contributed by atoms with van der Waals surface area (Å²) in [5.41, 5.74) is 1.45. The summed E-state index contributed by atoms with van der Waals surface area (Å²) in [6.07, 6.45) is 4.11. The summed E-state index contributed by atoms with van der Waals surface area (Å²) < 4.78 is 4.97. The number of phenols is 1. The summed E-state index contributed by atoms with van der Waals surface area (Å²) in [7, 11) is 0. The minimum absolute atomic E-state index is 0.0935. The predicted molar refractivity (Wildman–Crippen MR) is 193 cm³/mol. The van der Waals surface area contributed by atoms with Crippen LogP contribution in [0.1, 0.15) is 49.9 Å². The summed E-state index contributed by atoms with van der Waals surface area (Å²) in [4.78, 5) is 55.0. The van der Waals surface area contributed by atoms with Crippen molar-refractivity contribution in [1.29, 1.82) is 15.8 Å². The van der Waals surface area contributed by atoms with Gasteiger partial charge in [0.2, 0.25) is 0 Å². The number of carboxylic acid groups (broad SMARTS) is 3. The number of Topliss-reactive ketones (excluding diaryl/α,β-unsaturated/α-hetero) is 1. The lowest BCUT2D eigenvalue weighted by Gasteiger charge is -2.16. The number of benzene rings is 3. The third kappa shape index (κ3) is 16.1. The maximum Gasteiger partial charge on any atom is 0.346 e. The van der Waals surface area contributed by atoms with Crippen molar-refractivity contribution in [3.05, 3.63) is 124 Å². The molecule has 270 valence electrons. The first-order valence-corrected chi connectivity index (χ1v) is 15.3. The largest absolute Gasteiger partial charge is 0.508 e. The van der Waals surface area contributed by atoms with Crippen LogP contribution in [0.25, 0.3) is 18.2 Å². The van der Waals surface area contributed by atoms with Crippen molar-refractivity contribution in [1.82, 2.24) is 0 Å². The first-order valence-electron chi connectivity index (χ1n) is 15.3. The van der Waals surface area contributed by atoms with E-state index in [-0.39, 0.29) is 39.2 Å². The zero-order chi connectivity index (χ0) is 40.3. The molecule has 0 unspecified atom stereocenters. The van der Waals surface area contributed by atoms with Gasteiger partial charge in [-0.25, -0.2) is 19.2 Å². The monoisotopic (exact) mass is 717 g/mol. The molecule has 0 bridgehead atoms. The van der Waals surface area contributed by atoms with E-state index in [4.69, 9.17) is 40.9 Å². The molecular weight excluding hydrogens is 682 g/mol. The third-order valence-electron chi connectivity index (χ3n) is 6.50. The Morgan fingerprint density at radius 3 is 1.30 bits per heavy atom. The lowest BCUT2D eigenvalue weighted by Crippen LogP contribution is -2.21. The Bertz CT molecular complexity index is 2060. The quantitative estimate of drug-likeness (QED) is 0.0770. The standard InChI is InChI=1S/C16H17NO3.C14H11NO4.C10H7NO3/c1-16(2,3)14(18)9-12-6-4-11(5-7-12)8-13(10-17)15(19)20;1-9(2)14(18)19-12-5-3-10(4-6-12)7-11(8-15)13(16)17;11-6-8(10(13)14)5-7-1-3-9(12)4-2-7/h4-8H,9H2,1-3H3,(H,19,20);3-7H,1H2,2H3,(H,16,17);1-5,12H,(H,13,14)/b13-8+;11-7-;8-5-. The van der Waals surface area contributed by atoms with Crippen molar-refractivity contribution in [3.8, 4) is 29.7 Å². The van der Waals surface area contributed by atoms with Crippen LogP contribution >= 0.6 is 0 Å². The number of ether oxygens (including phenoxy) is 1. The van der Waals surface area contributed by atoms with E-state index < -0.39 is 23.9 Å². The molecule has 13 heteroatoms. The number of hydrogen-bond acceptors (Lipinski definition) is 10. The molecule has 3 aromatic carbocycles. The maximum atomic E-state index is 11.9. The number of rotatable bonds is 10. The highest BCUT2D eigenvalue weighted by Gasteiger charge is 2.21. The second-order valence-electron chi connectivity index (χ2n) is 11.8. The highest BCUT2D eigenvalue weighted by Crippen LogP contribution is 2.19. The topological polar surface area (TPSA) is 247 Å². The number of phenolic OH excluding ortho intramolecular Hbond substituents is 1. The Morgan fingerprint density at radius 2 is 1.00 bits per heavy atom. The zero-order valence-electron chi connectivity index (χ0n) is 29.2. The van der Waals surface area contributed by atoms with Gasteiger partial charge in [-0.3, -0.25) is 4.79 Å². The highest BCUT2D eigenvalue weighted by atomic mass is 16.5. The molecule has 0 fully saturated rings. The van der Waals surface area contributed by atoms with E-state index in [1.54, 1.807) is 54.6 Å². The van der Waals surface area contributed by atoms with Gasteiger partial charge in [0.25, 0.3) is 0 Å². The number of esters is 1. The van der Waals surface area contributed by atoms with Gasteiger partial charge >= 0.3 is 23.9 Å². The number of aliphatic carboxylic acids is 3. The van der Waals surface area contributed by atoms with Gasteiger partial charge in [-0.1, -0.05) is 75.9 Å². The van der Waals surface area contributed by atoms with E-state index in [2.05, 4.69) is 6.58 Å². The van der Waals surface area contributed by atoms with Crippen molar-refractivity contribution in [2.24, 2.45) is 5.41 Å². The predicted octanol–water partition coefficient (Wildman–Crippen LogP) is 6.38. The van der Waals surface area contributed by atoms with E-state index in [0.29, 0.717) is 28.9 Å². The summed E-state index contributed by atoms with van der Waals surface area (Å²) in [5.74, 6) is -3.79. The maximum absolute atomic E-state index is 11.9. The van der Waals surface area contributed by atoms with Crippen LogP contribution in [0.15, 0.2) is 102 Å². The minimum atomic E-state index is -1.29. The van der Waals surface area contributed by atoms with Crippen LogP contribution in [0.4, 0.5) is 0 Å². The highest BCUT2D eigenvalue weighted by molar-refractivity contribution is 5.97. The van der Waals surface area contributed by atoms with Gasteiger partial charge in [-0.15, -0.1) is 0 Å². The number of aromatic hydroxyl groups is 1. The first kappa shape index (κ1) is 43.5. The normalized spacial score (nSPS) is 11.0. The molecule has 4 N–H and O–H groups in total. The van der Waals surface area contributed by atoms with Crippen LogP contribution in [0.2, 0.25) is 0 Å². The molecule has 0 aliphatic heterocycles. The lowest BCUT2D eigenvalue weighted by atomic mass is 9.87. The van der Waals surface area contributed by atoms with E-state index in [9.17, 15) is 24.0 Å². The zero-order valence-corrected chi connectivity index (χ0v) is 29.2. The first-order chi connectivity index (χ1) is 24.8. The molecule has 0 amide bonds. The van der Waals surface area contributed by atoms with Gasteiger partial charge in [0.05, 0.1) is 0 Å². The smallest absolute Gasteiger partial charge is 0.346 e. The fourth-order valence-electron chi connectivity index (χ4n) is 3.50. The second kappa shape index (κ2) is 20.8. The van der Waals surface area contributed by atoms with Crippen molar-refractivity contribution in [3.63, 3.8) is 0 Å². The molecule has 0 aliphatic carbocycles. The van der Waals surface area contributed by atoms with Crippen LogP contribution in [0, 0.1) is 39.4 Å². The Balaban J connectivity index is 0.000000404. The van der Waals surface area contributed by atoms with E-state index in [1.807, 2.05) is 20.8 Å². The van der Waals surface area contributed by atoms with Gasteiger partial charge in [-0.05, 0) is 71.7 Å². The summed E-state index contributed by atoms with van der Waals surface area (Å²) in [6.45, 7) is 10.6. The summed E-state index contributed by atoms with van der Waals surface area (Å²) in [5, 5.41) is 60.7. The van der Waals surface area contributed by atoms with Gasteiger partial charge in [0, 0.05) is 17.4 Å². The Morgan fingerprint density at radius 1 is 0.660 bits per heavy atom. The Labute approximate surface area is 305 Å². The summed E-state index contributed by atoms with van der Waals surface area (Å²) >= 11 is 0. The van der Waals surface area contributed by atoms with Crippen LogP contribution in [-0.2, 0) is 30.4 Å². The van der Waals surface area contributed by atoms with E-state index >= 15 is 0 Å². The molecule has 0 aromatic heterocycles. The van der Waals surface area contributed by atoms with Gasteiger partial charge in [0.1, 0.15) is 52.2 Å². The Hall–Kier alpha value is -7.56. The molecule has 0 aliphatic rings.